The van der Waals surface area contributed by atoms with Crippen LogP contribution in [-0.2, 0) is 6.61 Å². The minimum absolute atomic E-state index is 0.243. The van der Waals surface area contributed by atoms with E-state index in [4.69, 9.17) is 4.74 Å². The molecule has 0 unspecified atom stereocenters. The van der Waals surface area contributed by atoms with Gasteiger partial charge in [0.2, 0.25) is 0 Å². The Balaban J connectivity index is 2.15. The van der Waals surface area contributed by atoms with Gasteiger partial charge in [0.05, 0.1) is 6.10 Å². The molecule has 0 bridgehead atoms. The Kier molecular flexibility index (Phi) is 4.74. The summed E-state index contributed by atoms with van der Waals surface area (Å²) in [5.74, 6) is 0.429. The molecule has 1 atom stereocenters. The third-order valence-corrected chi connectivity index (χ3v) is 3.35. The molecule has 2 nitrogen and oxygen atoms in total. The van der Waals surface area contributed by atoms with Crippen LogP contribution in [0.1, 0.15) is 36.1 Å². The highest BCUT2D eigenvalue weighted by molar-refractivity contribution is 5.35. The summed E-state index contributed by atoms with van der Waals surface area (Å²) in [4.78, 5) is 0. The number of hydrogen-bond acceptors (Lipinski definition) is 2. The second-order valence-electron chi connectivity index (χ2n) is 4.82. The van der Waals surface area contributed by atoms with Gasteiger partial charge in [-0.2, -0.15) is 0 Å². The summed E-state index contributed by atoms with van der Waals surface area (Å²) in [6, 6.07) is 12.1. The third kappa shape index (κ3) is 3.36. The van der Waals surface area contributed by atoms with Crippen molar-refractivity contribution in [3.05, 3.63) is 65.0 Å². The molecule has 0 radical (unpaired) electrons. The number of halogens is 1. The molecule has 0 aliphatic carbocycles. The Hall–Kier alpha value is -1.87. The van der Waals surface area contributed by atoms with Gasteiger partial charge in [0.25, 0.3) is 0 Å². The summed E-state index contributed by atoms with van der Waals surface area (Å²) < 4.78 is 18.8. The van der Waals surface area contributed by atoms with E-state index in [9.17, 15) is 9.50 Å². The number of aryl methyl sites for hydroxylation is 1. The van der Waals surface area contributed by atoms with Crippen LogP contribution in [0.15, 0.2) is 42.5 Å². The Morgan fingerprint density at radius 1 is 1.20 bits per heavy atom. The normalized spacial score (nSPS) is 12.2. The number of aliphatic hydroxyl groups is 1. The molecule has 0 saturated carbocycles. The van der Waals surface area contributed by atoms with Gasteiger partial charge in [-0.15, -0.1) is 0 Å². The predicted octanol–water partition coefficient (Wildman–Crippen LogP) is 4.16. The SMILES string of the molecule is CC[C@@H](O)c1ccccc1OCc1ccc(F)cc1C. The van der Waals surface area contributed by atoms with E-state index >= 15 is 0 Å². The molecule has 0 spiro atoms. The van der Waals surface area contributed by atoms with Crippen LogP contribution in [0.3, 0.4) is 0 Å². The fraction of sp³-hybridized carbons (Fsp3) is 0.294. The van der Waals surface area contributed by atoms with E-state index in [0.717, 1.165) is 16.7 Å². The molecule has 0 fully saturated rings. The summed E-state index contributed by atoms with van der Waals surface area (Å²) in [7, 11) is 0. The van der Waals surface area contributed by atoms with Crippen molar-refractivity contribution in [1.82, 2.24) is 0 Å². The number of benzene rings is 2. The van der Waals surface area contributed by atoms with E-state index in [-0.39, 0.29) is 5.82 Å². The predicted molar refractivity (Wildman–Crippen MR) is 77.2 cm³/mol. The van der Waals surface area contributed by atoms with Crippen molar-refractivity contribution in [3.8, 4) is 5.75 Å². The zero-order chi connectivity index (χ0) is 14.5. The van der Waals surface area contributed by atoms with Crippen molar-refractivity contribution in [2.24, 2.45) is 0 Å². The quantitative estimate of drug-likeness (QED) is 0.887. The highest BCUT2D eigenvalue weighted by Crippen LogP contribution is 2.27. The Bertz CT molecular complexity index is 581. The highest BCUT2D eigenvalue weighted by Gasteiger charge is 2.11. The van der Waals surface area contributed by atoms with Gasteiger partial charge in [-0.3, -0.25) is 0 Å². The van der Waals surface area contributed by atoms with Crippen molar-refractivity contribution in [2.75, 3.05) is 0 Å². The monoisotopic (exact) mass is 274 g/mol. The summed E-state index contributed by atoms with van der Waals surface area (Å²) in [5, 5.41) is 9.97. The number of aliphatic hydroxyl groups excluding tert-OH is 1. The van der Waals surface area contributed by atoms with Crippen LogP contribution in [0.4, 0.5) is 4.39 Å². The second-order valence-corrected chi connectivity index (χ2v) is 4.82. The smallest absolute Gasteiger partial charge is 0.125 e. The Morgan fingerprint density at radius 3 is 2.65 bits per heavy atom. The van der Waals surface area contributed by atoms with Gasteiger partial charge in [-0.05, 0) is 42.7 Å². The fourth-order valence-electron chi connectivity index (χ4n) is 2.08. The maximum atomic E-state index is 13.1. The van der Waals surface area contributed by atoms with Crippen LogP contribution < -0.4 is 4.74 Å². The maximum Gasteiger partial charge on any atom is 0.125 e. The van der Waals surface area contributed by atoms with Crippen molar-refractivity contribution in [2.45, 2.75) is 33.0 Å². The van der Waals surface area contributed by atoms with Crippen LogP contribution in [-0.4, -0.2) is 5.11 Å². The highest BCUT2D eigenvalue weighted by atomic mass is 19.1. The molecule has 0 aromatic heterocycles. The van der Waals surface area contributed by atoms with E-state index in [1.807, 2.05) is 38.1 Å². The number of hydrogen-bond donors (Lipinski definition) is 1. The molecule has 1 N–H and O–H groups in total. The van der Waals surface area contributed by atoms with E-state index in [2.05, 4.69) is 0 Å². The van der Waals surface area contributed by atoms with Crippen molar-refractivity contribution in [3.63, 3.8) is 0 Å². The first-order valence-corrected chi connectivity index (χ1v) is 6.76. The molecule has 2 aromatic carbocycles. The van der Waals surface area contributed by atoms with Crippen LogP contribution in [0.2, 0.25) is 0 Å². The van der Waals surface area contributed by atoms with E-state index < -0.39 is 6.10 Å². The molecule has 3 heteroatoms. The molecular weight excluding hydrogens is 255 g/mol. The molecule has 0 aliphatic heterocycles. The lowest BCUT2D eigenvalue weighted by molar-refractivity contribution is 0.166. The number of para-hydroxylation sites is 1. The van der Waals surface area contributed by atoms with Gasteiger partial charge in [-0.25, -0.2) is 4.39 Å². The minimum Gasteiger partial charge on any atom is -0.489 e. The third-order valence-electron chi connectivity index (χ3n) is 3.35. The van der Waals surface area contributed by atoms with Crippen molar-refractivity contribution in [1.29, 1.82) is 0 Å². The first kappa shape index (κ1) is 14.5. The van der Waals surface area contributed by atoms with Crippen LogP contribution in [0.5, 0.6) is 5.75 Å². The molecular formula is C17H19FO2. The zero-order valence-electron chi connectivity index (χ0n) is 11.8. The van der Waals surface area contributed by atoms with Crippen LogP contribution in [0, 0.1) is 12.7 Å². The largest absolute Gasteiger partial charge is 0.489 e. The average Bonchev–Trinajstić information content (AvgIpc) is 2.46. The topological polar surface area (TPSA) is 29.5 Å². The van der Waals surface area contributed by atoms with Gasteiger partial charge in [0.1, 0.15) is 18.2 Å². The lowest BCUT2D eigenvalue weighted by Gasteiger charge is -2.15. The van der Waals surface area contributed by atoms with Gasteiger partial charge in [0, 0.05) is 5.56 Å². The second kappa shape index (κ2) is 6.53. The fourth-order valence-corrected chi connectivity index (χ4v) is 2.08. The first-order chi connectivity index (χ1) is 9.61. The summed E-state index contributed by atoms with van der Waals surface area (Å²) in [6.45, 7) is 4.14. The van der Waals surface area contributed by atoms with Gasteiger partial charge in [0.15, 0.2) is 0 Å². The molecule has 20 heavy (non-hydrogen) atoms. The summed E-state index contributed by atoms with van der Waals surface area (Å²) in [6.07, 6.45) is 0.108. The number of ether oxygens (including phenoxy) is 1. The van der Waals surface area contributed by atoms with Crippen LogP contribution in [0.25, 0.3) is 0 Å². The Morgan fingerprint density at radius 2 is 1.95 bits per heavy atom. The lowest BCUT2D eigenvalue weighted by Crippen LogP contribution is -2.03. The summed E-state index contributed by atoms with van der Waals surface area (Å²) in [5.41, 5.74) is 2.58. The summed E-state index contributed by atoms with van der Waals surface area (Å²) >= 11 is 0. The van der Waals surface area contributed by atoms with E-state index in [0.29, 0.717) is 18.8 Å². The van der Waals surface area contributed by atoms with Gasteiger partial charge >= 0.3 is 0 Å². The number of rotatable bonds is 5. The lowest BCUT2D eigenvalue weighted by atomic mass is 10.1. The maximum absolute atomic E-state index is 13.1. The van der Waals surface area contributed by atoms with Gasteiger partial charge in [-0.1, -0.05) is 31.2 Å². The van der Waals surface area contributed by atoms with E-state index in [1.165, 1.54) is 12.1 Å². The average molecular weight is 274 g/mol. The molecule has 106 valence electrons. The van der Waals surface area contributed by atoms with Crippen molar-refractivity contribution < 1.29 is 14.2 Å². The molecule has 0 heterocycles. The molecule has 2 rings (SSSR count). The van der Waals surface area contributed by atoms with Gasteiger partial charge < -0.3 is 9.84 Å². The van der Waals surface area contributed by atoms with Crippen molar-refractivity contribution >= 4 is 0 Å². The Labute approximate surface area is 118 Å². The zero-order valence-corrected chi connectivity index (χ0v) is 11.8. The molecule has 0 saturated heterocycles. The van der Waals surface area contributed by atoms with Crippen LogP contribution >= 0.6 is 0 Å². The minimum atomic E-state index is -0.527. The molecule has 0 aliphatic rings. The first-order valence-electron chi connectivity index (χ1n) is 6.76. The van der Waals surface area contributed by atoms with E-state index in [1.54, 1.807) is 6.07 Å². The standard InChI is InChI=1S/C17H19FO2/c1-3-16(19)15-6-4-5-7-17(15)20-11-13-8-9-14(18)10-12(13)2/h4-10,16,19H,3,11H2,1-2H3/t16-/m1/s1. The molecule has 0 amide bonds. The molecule has 2 aromatic rings.